The number of halogens is 2. The minimum absolute atomic E-state index is 0.721. The molecule has 4 heteroatoms. The summed E-state index contributed by atoms with van der Waals surface area (Å²) in [5, 5.41) is 4.08. The second kappa shape index (κ2) is 6.40. The first-order valence-electron chi connectivity index (χ1n) is 4.58. The number of nitrogens with two attached hydrogens (primary N) is 1. The standard InChI is InChI=1S/C10H14BrClN2/c11-9-2-3-10(12)8(6-9)7-14-5-1-4-13/h2-3,6,14H,1,4-5,7,13H2. The van der Waals surface area contributed by atoms with Gasteiger partial charge in [0.2, 0.25) is 0 Å². The van der Waals surface area contributed by atoms with Gasteiger partial charge in [0.25, 0.3) is 0 Å². The lowest BCUT2D eigenvalue weighted by atomic mass is 10.2. The van der Waals surface area contributed by atoms with Gasteiger partial charge in [-0.15, -0.1) is 0 Å². The Kier molecular flexibility index (Phi) is 5.48. The Morgan fingerprint density at radius 3 is 2.93 bits per heavy atom. The van der Waals surface area contributed by atoms with Crippen LogP contribution in [0.3, 0.4) is 0 Å². The number of benzene rings is 1. The molecule has 2 nitrogen and oxygen atoms in total. The summed E-state index contributed by atoms with van der Waals surface area (Å²) < 4.78 is 1.05. The van der Waals surface area contributed by atoms with E-state index in [-0.39, 0.29) is 0 Å². The Hall–Kier alpha value is -0.0900. The Balaban J connectivity index is 2.45. The first kappa shape index (κ1) is 12.0. The van der Waals surface area contributed by atoms with Crippen LogP contribution in [0.25, 0.3) is 0 Å². The summed E-state index contributed by atoms with van der Waals surface area (Å²) in [7, 11) is 0. The summed E-state index contributed by atoms with van der Waals surface area (Å²) in [5.74, 6) is 0. The van der Waals surface area contributed by atoms with Crippen molar-refractivity contribution in [1.29, 1.82) is 0 Å². The van der Waals surface area contributed by atoms with Gasteiger partial charge >= 0.3 is 0 Å². The van der Waals surface area contributed by atoms with Crippen molar-refractivity contribution in [2.24, 2.45) is 5.73 Å². The van der Waals surface area contributed by atoms with Crippen molar-refractivity contribution in [2.75, 3.05) is 13.1 Å². The highest BCUT2D eigenvalue weighted by Gasteiger charge is 1.99. The average molecular weight is 278 g/mol. The minimum Gasteiger partial charge on any atom is -0.330 e. The molecule has 0 saturated heterocycles. The van der Waals surface area contributed by atoms with Crippen LogP contribution in [0.4, 0.5) is 0 Å². The van der Waals surface area contributed by atoms with Gasteiger partial charge < -0.3 is 11.1 Å². The van der Waals surface area contributed by atoms with Crippen molar-refractivity contribution in [3.63, 3.8) is 0 Å². The topological polar surface area (TPSA) is 38.0 Å². The molecule has 1 aromatic rings. The summed E-state index contributed by atoms with van der Waals surface area (Å²) in [6, 6.07) is 5.86. The van der Waals surface area contributed by atoms with Gasteiger partial charge in [-0.1, -0.05) is 27.5 Å². The van der Waals surface area contributed by atoms with Crippen LogP contribution in [-0.2, 0) is 6.54 Å². The van der Waals surface area contributed by atoms with E-state index in [2.05, 4.69) is 21.2 Å². The van der Waals surface area contributed by atoms with E-state index in [0.717, 1.165) is 41.1 Å². The normalized spacial score (nSPS) is 10.5. The predicted molar refractivity (Wildman–Crippen MR) is 64.5 cm³/mol. The molecular formula is C10H14BrClN2. The number of nitrogens with one attached hydrogen (secondary N) is 1. The lowest BCUT2D eigenvalue weighted by molar-refractivity contribution is 0.655. The first-order valence-corrected chi connectivity index (χ1v) is 5.76. The Labute approximate surface area is 98.0 Å². The van der Waals surface area contributed by atoms with Crippen molar-refractivity contribution in [3.05, 3.63) is 33.3 Å². The average Bonchev–Trinajstić information content (AvgIpc) is 2.18. The maximum atomic E-state index is 6.02. The van der Waals surface area contributed by atoms with E-state index in [1.165, 1.54) is 0 Å². The van der Waals surface area contributed by atoms with Crippen molar-refractivity contribution >= 4 is 27.5 Å². The third kappa shape index (κ3) is 3.96. The van der Waals surface area contributed by atoms with Gasteiger partial charge in [0, 0.05) is 16.0 Å². The molecule has 0 aromatic heterocycles. The molecular weight excluding hydrogens is 263 g/mol. The molecule has 0 aliphatic heterocycles. The molecule has 1 aromatic carbocycles. The minimum atomic E-state index is 0.721. The third-order valence-corrected chi connectivity index (χ3v) is 2.74. The molecule has 0 unspecified atom stereocenters. The van der Waals surface area contributed by atoms with Crippen LogP contribution in [0.15, 0.2) is 22.7 Å². The molecule has 3 N–H and O–H groups in total. The number of hydrogen-bond acceptors (Lipinski definition) is 2. The van der Waals surface area contributed by atoms with Crippen LogP contribution >= 0.6 is 27.5 Å². The summed E-state index contributed by atoms with van der Waals surface area (Å²) >= 11 is 9.44. The molecule has 78 valence electrons. The van der Waals surface area contributed by atoms with Crippen LogP contribution in [0.2, 0.25) is 5.02 Å². The summed E-state index contributed by atoms with van der Waals surface area (Å²) in [6.45, 7) is 2.44. The largest absolute Gasteiger partial charge is 0.330 e. The van der Waals surface area contributed by atoms with Crippen molar-refractivity contribution in [1.82, 2.24) is 5.32 Å². The maximum Gasteiger partial charge on any atom is 0.0451 e. The fourth-order valence-electron chi connectivity index (χ4n) is 1.13. The molecule has 0 bridgehead atoms. The fraction of sp³-hybridized carbons (Fsp3) is 0.400. The zero-order chi connectivity index (χ0) is 10.4. The van der Waals surface area contributed by atoms with Gasteiger partial charge in [0.15, 0.2) is 0 Å². The molecule has 0 saturated carbocycles. The van der Waals surface area contributed by atoms with Crippen LogP contribution in [0.1, 0.15) is 12.0 Å². The Morgan fingerprint density at radius 1 is 1.43 bits per heavy atom. The molecule has 0 aliphatic carbocycles. The molecule has 14 heavy (non-hydrogen) atoms. The Bertz CT molecular complexity index is 291. The molecule has 0 atom stereocenters. The van der Waals surface area contributed by atoms with E-state index in [9.17, 15) is 0 Å². The summed E-state index contributed by atoms with van der Waals surface area (Å²) in [5.41, 5.74) is 6.50. The molecule has 0 fully saturated rings. The van der Waals surface area contributed by atoms with Gasteiger partial charge in [-0.05, 0) is 43.3 Å². The Morgan fingerprint density at radius 2 is 2.21 bits per heavy atom. The van der Waals surface area contributed by atoms with Crippen LogP contribution in [0, 0.1) is 0 Å². The summed E-state index contributed by atoms with van der Waals surface area (Å²) in [6.07, 6.45) is 0.992. The van der Waals surface area contributed by atoms with Crippen molar-refractivity contribution in [3.8, 4) is 0 Å². The molecule has 0 spiro atoms. The number of hydrogen-bond donors (Lipinski definition) is 2. The molecule has 0 amide bonds. The van der Waals surface area contributed by atoms with Crippen molar-refractivity contribution < 1.29 is 0 Å². The van der Waals surface area contributed by atoms with Gasteiger partial charge in [-0.25, -0.2) is 0 Å². The van der Waals surface area contributed by atoms with Gasteiger partial charge in [-0.2, -0.15) is 0 Å². The zero-order valence-electron chi connectivity index (χ0n) is 7.89. The van der Waals surface area contributed by atoms with Crippen LogP contribution in [0.5, 0.6) is 0 Å². The van der Waals surface area contributed by atoms with Gasteiger partial charge in [0.1, 0.15) is 0 Å². The third-order valence-electron chi connectivity index (χ3n) is 1.88. The van der Waals surface area contributed by atoms with E-state index in [0.29, 0.717) is 0 Å². The SMILES string of the molecule is NCCCNCc1cc(Br)ccc1Cl. The number of rotatable bonds is 5. The lowest BCUT2D eigenvalue weighted by Gasteiger charge is -2.06. The van der Waals surface area contributed by atoms with E-state index in [1.807, 2.05) is 18.2 Å². The molecule has 0 aliphatic rings. The fourth-order valence-corrected chi connectivity index (χ4v) is 1.72. The van der Waals surface area contributed by atoms with Crippen molar-refractivity contribution in [2.45, 2.75) is 13.0 Å². The highest BCUT2D eigenvalue weighted by molar-refractivity contribution is 9.10. The van der Waals surface area contributed by atoms with Gasteiger partial charge in [-0.3, -0.25) is 0 Å². The van der Waals surface area contributed by atoms with Gasteiger partial charge in [0.05, 0.1) is 0 Å². The first-order chi connectivity index (χ1) is 6.74. The molecule has 0 radical (unpaired) electrons. The van der Waals surface area contributed by atoms with Crippen LogP contribution < -0.4 is 11.1 Å². The quantitative estimate of drug-likeness (QED) is 0.812. The van der Waals surface area contributed by atoms with E-state index in [4.69, 9.17) is 17.3 Å². The smallest absolute Gasteiger partial charge is 0.0451 e. The second-order valence-corrected chi connectivity index (χ2v) is 4.38. The highest BCUT2D eigenvalue weighted by Crippen LogP contribution is 2.20. The molecule has 1 rings (SSSR count). The van der Waals surface area contributed by atoms with E-state index >= 15 is 0 Å². The van der Waals surface area contributed by atoms with Crippen LogP contribution in [-0.4, -0.2) is 13.1 Å². The molecule has 0 heterocycles. The maximum absolute atomic E-state index is 6.02. The lowest BCUT2D eigenvalue weighted by Crippen LogP contribution is -2.17. The second-order valence-electron chi connectivity index (χ2n) is 3.05. The highest BCUT2D eigenvalue weighted by atomic mass is 79.9. The summed E-state index contributed by atoms with van der Waals surface area (Å²) in [4.78, 5) is 0. The zero-order valence-corrected chi connectivity index (χ0v) is 10.2. The monoisotopic (exact) mass is 276 g/mol. The van der Waals surface area contributed by atoms with E-state index in [1.54, 1.807) is 0 Å². The van der Waals surface area contributed by atoms with E-state index < -0.39 is 0 Å². The predicted octanol–water partition coefficient (Wildman–Crippen LogP) is 2.54.